The maximum Gasteiger partial charge on any atom is 0.174 e. The van der Waals surface area contributed by atoms with Crippen LogP contribution in [0.4, 0.5) is 0 Å². The second-order valence-electron chi connectivity index (χ2n) is 9.39. The van der Waals surface area contributed by atoms with Crippen molar-refractivity contribution in [3.05, 3.63) is 84.4 Å². The molecule has 5 heteroatoms. The SMILES string of the molecule is C=C[C@H]1C[C@H](OCc2ccccc2)C[C@@]2(C[C@H](O)C[C@H]([C@@H](C)COCc3ccccc3)O2)O1. The van der Waals surface area contributed by atoms with E-state index < -0.39 is 11.9 Å². The van der Waals surface area contributed by atoms with Crippen molar-refractivity contribution in [1.29, 1.82) is 0 Å². The molecule has 1 spiro atoms. The summed E-state index contributed by atoms with van der Waals surface area (Å²) in [4.78, 5) is 0. The van der Waals surface area contributed by atoms with E-state index in [4.69, 9.17) is 18.9 Å². The van der Waals surface area contributed by atoms with Gasteiger partial charge in [0.25, 0.3) is 0 Å². The summed E-state index contributed by atoms with van der Waals surface area (Å²) >= 11 is 0. The van der Waals surface area contributed by atoms with Crippen molar-refractivity contribution < 1.29 is 24.1 Å². The quantitative estimate of drug-likeness (QED) is 0.541. The highest BCUT2D eigenvalue weighted by molar-refractivity contribution is 5.14. The van der Waals surface area contributed by atoms with Gasteiger partial charge in [0.15, 0.2) is 5.79 Å². The van der Waals surface area contributed by atoms with Crippen LogP contribution in [0.25, 0.3) is 0 Å². The molecule has 2 aromatic rings. The van der Waals surface area contributed by atoms with E-state index in [1.165, 1.54) is 0 Å². The summed E-state index contributed by atoms with van der Waals surface area (Å²) in [6, 6.07) is 20.3. The zero-order valence-corrected chi connectivity index (χ0v) is 19.5. The summed E-state index contributed by atoms with van der Waals surface area (Å²) in [5.41, 5.74) is 2.29. The predicted molar refractivity (Wildman–Crippen MR) is 127 cm³/mol. The molecule has 0 saturated carbocycles. The molecule has 0 aromatic heterocycles. The lowest BCUT2D eigenvalue weighted by Gasteiger charge is -2.49. The molecule has 0 unspecified atom stereocenters. The van der Waals surface area contributed by atoms with Gasteiger partial charge in [0.1, 0.15) is 0 Å². The lowest BCUT2D eigenvalue weighted by atomic mass is 9.87. The van der Waals surface area contributed by atoms with E-state index in [1.807, 2.05) is 42.5 Å². The first kappa shape index (κ1) is 24.1. The van der Waals surface area contributed by atoms with E-state index in [0.29, 0.717) is 39.1 Å². The van der Waals surface area contributed by atoms with Crippen molar-refractivity contribution in [2.75, 3.05) is 6.61 Å². The van der Waals surface area contributed by atoms with Crippen molar-refractivity contribution in [2.24, 2.45) is 5.92 Å². The molecule has 2 heterocycles. The Labute approximate surface area is 197 Å². The van der Waals surface area contributed by atoms with Crippen molar-refractivity contribution in [3.8, 4) is 0 Å². The van der Waals surface area contributed by atoms with Crippen LogP contribution in [0.3, 0.4) is 0 Å². The molecule has 4 rings (SSSR count). The van der Waals surface area contributed by atoms with Crippen molar-refractivity contribution in [2.45, 2.75) is 76.0 Å². The highest BCUT2D eigenvalue weighted by atomic mass is 16.7. The Morgan fingerprint density at radius 3 is 2.33 bits per heavy atom. The Bertz CT molecular complexity index is 857. The maximum atomic E-state index is 10.7. The first-order chi connectivity index (χ1) is 16.0. The third-order valence-corrected chi connectivity index (χ3v) is 6.54. The van der Waals surface area contributed by atoms with Gasteiger partial charge in [0.05, 0.1) is 44.2 Å². The molecule has 2 saturated heterocycles. The van der Waals surface area contributed by atoms with Crippen LogP contribution in [-0.2, 0) is 32.2 Å². The summed E-state index contributed by atoms with van der Waals surface area (Å²) < 4.78 is 25.1. The average Bonchev–Trinajstić information content (AvgIpc) is 2.83. The van der Waals surface area contributed by atoms with Crippen LogP contribution in [0.15, 0.2) is 73.3 Å². The summed E-state index contributed by atoms with van der Waals surface area (Å²) in [6.45, 7) is 7.71. The van der Waals surface area contributed by atoms with Crippen LogP contribution in [0.1, 0.15) is 43.7 Å². The van der Waals surface area contributed by atoms with Gasteiger partial charge in [-0.3, -0.25) is 0 Å². The predicted octanol–water partition coefficient (Wildman–Crippen LogP) is 5.03. The van der Waals surface area contributed by atoms with Crippen LogP contribution in [0, 0.1) is 5.92 Å². The highest BCUT2D eigenvalue weighted by Gasteiger charge is 2.49. The fourth-order valence-electron chi connectivity index (χ4n) is 4.80. The van der Waals surface area contributed by atoms with Gasteiger partial charge in [-0.1, -0.05) is 73.7 Å². The second-order valence-corrected chi connectivity index (χ2v) is 9.39. The van der Waals surface area contributed by atoms with Gasteiger partial charge in [-0.05, 0) is 11.1 Å². The number of aliphatic hydroxyl groups is 1. The molecule has 178 valence electrons. The minimum Gasteiger partial charge on any atom is -0.393 e. The third-order valence-electron chi connectivity index (χ3n) is 6.54. The molecule has 5 nitrogen and oxygen atoms in total. The van der Waals surface area contributed by atoms with Crippen LogP contribution >= 0.6 is 0 Å². The Kier molecular flexibility index (Phi) is 8.34. The van der Waals surface area contributed by atoms with Crippen molar-refractivity contribution in [1.82, 2.24) is 0 Å². The lowest BCUT2D eigenvalue weighted by molar-refractivity contribution is -0.341. The van der Waals surface area contributed by atoms with E-state index in [2.05, 4.69) is 37.8 Å². The first-order valence-electron chi connectivity index (χ1n) is 12.0. The van der Waals surface area contributed by atoms with Gasteiger partial charge in [0, 0.05) is 31.6 Å². The minimum absolute atomic E-state index is 0.0301. The zero-order valence-electron chi connectivity index (χ0n) is 19.5. The van der Waals surface area contributed by atoms with Gasteiger partial charge >= 0.3 is 0 Å². The summed E-state index contributed by atoms with van der Waals surface area (Å²) in [5, 5.41) is 10.7. The fourth-order valence-corrected chi connectivity index (χ4v) is 4.80. The second kappa shape index (κ2) is 11.4. The van der Waals surface area contributed by atoms with Gasteiger partial charge in [-0.25, -0.2) is 0 Å². The normalized spacial score (nSPS) is 30.7. The molecule has 2 fully saturated rings. The van der Waals surface area contributed by atoms with Crippen LogP contribution in [0.2, 0.25) is 0 Å². The third kappa shape index (κ3) is 6.75. The van der Waals surface area contributed by atoms with Gasteiger partial charge in [0.2, 0.25) is 0 Å². The topological polar surface area (TPSA) is 57.2 Å². The molecule has 2 aliphatic heterocycles. The fraction of sp³-hybridized carbons (Fsp3) is 0.500. The van der Waals surface area contributed by atoms with Crippen LogP contribution in [0.5, 0.6) is 0 Å². The molecule has 33 heavy (non-hydrogen) atoms. The molecular weight excluding hydrogens is 416 g/mol. The summed E-state index contributed by atoms with van der Waals surface area (Å²) in [7, 11) is 0. The molecule has 6 atom stereocenters. The van der Waals surface area contributed by atoms with Gasteiger partial charge < -0.3 is 24.1 Å². The molecule has 1 N–H and O–H groups in total. The van der Waals surface area contributed by atoms with Gasteiger partial charge in [-0.15, -0.1) is 6.58 Å². The van der Waals surface area contributed by atoms with E-state index >= 15 is 0 Å². The number of aliphatic hydroxyl groups excluding tert-OH is 1. The number of hydrogen-bond acceptors (Lipinski definition) is 5. The van der Waals surface area contributed by atoms with E-state index in [0.717, 1.165) is 17.5 Å². The largest absolute Gasteiger partial charge is 0.393 e. The molecule has 0 radical (unpaired) electrons. The first-order valence-corrected chi connectivity index (χ1v) is 12.0. The molecule has 2 aliphatic rings. The maximum absolute atomic E-state index is 10.7. The molecule has 0 bridgehead atoms. The molecular formula is C28H36O5. The molecule has 0 aliphatic carbocycles. The van der Waals surface area contributed by atoms with Crippen LogP contribution < -0.4 is 0 Å². The number of rotatable bonds is 9. The number of benzene rings is 2. The van der Waals surface area contributed by atoms with Crippen molar-refractivity contribution >= 4 is 0 Å². The molecule has 0 amide bonds. The summed E-state index contributed by atoms with van der Waals surface area (Å²) in [5.74, 6) is -0.744. The van der Waals surface area contributed by atoms with E-state index in [9.17, 15) is 5.11 Å². The monoisotopic (exact) mass is 452 g/mol. The Hall–Kier alpha value is -2.02. The van der Waals surface area contributed by atoms with Crippen LogP contribution in [-0.4, -0.2) is 41.9 Å². The van der Waals surface area contributed by atoms with E-state index in [-0.39, 0.29) is 24.2 Å². The smallest absolute Gasteiger partial charge is 0.174 e. The van der Waals surface area contributed by atoms with Gasteiger partial charge in [-0.2, -0.15) is 0 Å². The van der Waals surface area contributed by atoms with E-state index in [1.54, 1.807) is 0 Å². The number of hydrogen-bond donors (Lipinski definition) is 1. The standard InChI is InChI=1S/C28H36O5/c1-3-25-15-26(31-20-23-12-8-5-9-13-23)17-28(32-25)16-24(29)14-27(33-28)21(2)18-30-19-22-10-6-4-7-11-22/h3-13,21,24-27,29H,1,14-20H2,2H3/t21-,24+,25-,26-,27+,28-/m0/s1. The minimum atomic E-state index is -0.867. The highest BCUT2D eigenvalue weighted by Crippen LogP contribution is 2.42. The lowest BCUT2D eigenvalue weighted by Crippen LogP contribution is -2.56. The number of ether oxygens (including phenoxy) is 4. The van der Waals surface area contributed by atoms with Crippen molar-refractivity contribution in [3.63, 3.8) is 0 Å². The Morgan fingerprint density at radius 1 is 1.00 bits per heavy atom. The Balaban J connectivity index is 1.36. The summed E-state index contributed by atoms with van der Waals surface area (Å²) in [6.07, 6.45) is 3.32. The molecule has 2 aromatic carbocycles. The average molecular weight is 453 g/mol. The Morgan fingerprint density at radius 2 is 1.67 bits per heavy atom. The zero-order chi connectivity index (χ0) is 23.1.